The molecule has 43 heavy (non-hydrogen) atoms. The summed E-state index contributed by atoms with van der Waals surface area (Å²) in [7, 11) is 0. The molecule has 11 heteroatoms. The van der Waals surface area contributed by atoms with Gasteiger partial charge in [-0.1, -0.05) is 55.1 Å². The Bertz CT molecular complexity index is 1440. The molecule has 0 radical (unpaired) electrons. The Morgan fingerprint density at radius 3 is 2.40 bits per heavy atom. The number of amides is 2. The fourth-order valence-electron chi connectivity index (χ4n) is 8.93. The lowest BCUT2D eigenvalue weighted by molar-refractivity contribution is -0.157. The van der Waals surface area contributed by atoms with Crippen molar-refractivity contribution in [1.82, 2.24) is 15.6 Å². The van der Waals surface area contributed by atoms with Gasteiger partial charge in [0.15, 0.2) is 0 Å². The molecular weight excluding hydrogens is 594 g/mol. The number of allylic oxidation sites excluding steroid dienone is 4. The van der Waals surface area contributed by atoms with Crippen molar-refractivity contribution >= 4 is 46.7 Å². The molecule has 7 rings (SSSR count). The predicted molar refractivity (Wildman–Crippen MR) is 162 cm³/mol. The number of pyridine rings is 1. The molecule has 1 aromatic rings. The van der Waals surface area contributed by atoms with Crippen molar-refractivity contribution in [2.45, 2.75) is 100 Å². The summed E-state index contributed by atoms with van der Waals surface area (Å²) >= 11 is 12.6. The fourth-order valence-corrected chi connectivity index (χ4v) is 9.34. The Balaban J connectivity index is 1.47. The number of carboxylic acids is 1. The summed E-state index contributed by atoms with van der Waals surface area (Å²) in [6.45, 7) is 5.87. The van der Waals surface area contributed by atoms with Gasteiger partial charge in [0.2, 0.25) is 11.8 Å². The summed E-state index contributed by atoms with van der Waals surface area (Å²) < 4.78 is 16.2. The van der Waals surface area contributed by atoms with E-state index in [-0.39, 0.29) is 27.6 Å². The first-order valence-corrected chi connectivity index (χ1v) is 15.9. The second-order valence-electron chi connectivity index (χ2n) is 13.1. The molecule has 6 aliphatic rings. The summed E-state index contributed by atoms with van der Waals surface area (Å²) in [5.41, 5.74) is -2.56. The molecule has 0 unspecified atom stereocenters. The number of fused-ring (bicyclic) bond motifs is 6. The van der Waals surface area contributed by atoms with Crippen LogP contribution >= 0.6 is 23.2 Å². The molecule has 8 nitrogen and oxygen atoms in total. The Morgan fingerprint density at radius 1 is 1.14 bits per heavy atom. The smallest absolute Gasteiger partial charge is 0.309 e. The van der Waals surface area contributed by atoms with Crippen molar-refractivity contribution in [3.05, 3.63) is 58.1 Å². The van der Waals surface area contributed by atoms with Crippen molar-refractivity contribution in [1.29, 1.82) is 0 Å². The maximum Gasteiger partial charge on any atom is 0.309 e. The first-order chi connectivity index (χ1) is 20.4. The molecule has 1 saturated heterocycles. The molecule has 4 N–H and O–H groups in total. The van der Waals surface area contributed by atoms with E-state index >= 15 is 4.39 Å². The zero-order valence-corrected chi connectivity index (χ0v) is 25.7. The Labute approximate surface area is 260 Å². The van der Waals surface area contributed by atoms with E-state index in [2.05, 4.69) is 27.5 Å². The number of anilines is 1. The third kappa shape index (κ3) is 4.40. The number of carbonyl (C=O) groups is 3. The molecule has 3 heterocycles. The SMILES string of the molecule is C=C(/C(F)=C(Cl)\C=C/C)[C@H]1[C@H](C(=O)NC23CCC(C(=O)O)(CC2)CC3)NC2(CCCCC2)[C@@]12C(=O)Nc1cc(Cl)ncc12. The maximum atomic E-state index is 16.2. The standard InChI is InChI=1S/C32H37Cl2FN4O4/c1-3-7-20(33)24(35)18(2)23-25(26(40)39-30-13-10-29(11-14-30,12-15-30)28(42)43)38-31(8-5-4-6-9-31)32(23)19-17-36-22(34)16-21(19)37-27(32)41/h3,7,16-17,23,25,38H,2,4-6,8-15H2,1H3,(H,37,41)(H,39,40)(H,42,43)/b7-3-,24-20-/t23-,25+,29?,30?,32+/m0/s1. The van der Waals surface area contributed by atoms with Gasteiger partial charge in [0.05, 0.1) is 16.5 Å². The number of nitrogens with one attached hydrogen (secondary N) is 3. The molecule has 1 aromatic heterocycles. The highest BCUT2D eigenvalue weighted by atomic mass is 35.5. The highest BCUT2D eigenvalue weighted by molar-refractivity contribution is 6.31. The normalized spacial score (nSPS) is 34.7. The third-order valence-electron chi connectivity index (χ3n) is 11.1. The van der Waals surface area contributed by atoms with Crippen molar-refractivity contribution in [3.63, 3.8) is 0 Å². The first kappa shape index (κ1) is 30.3. The van der Waals surface area contributed by atoms with Gasteiger partial charge in [-0.05, 0) is 76.0 Å². The van der Waals surface area contributed by atoms with Gasteiger partial charge in [0.25, 0.3) is 0 Å². The van der Waals surface area contributed by atoms with E-state index < -0.39 is 45.7 Å². The van der Waals surface area contributed by atoms with Crippen molar-refractivity contribution in [2.75, 3.05) is 5.32 Å². The molecular formula is C32H37Cl2FN4O4. The lowest BCUT2D eigenvalue weighted by Gasteiger charge is -2.52. The van der Waals surface area contributed by atoms with E-state index in [1.165, 1.54) is 6.08 Å². The Morgan fingerprint density at radius 2 is 1.79 bits per heavy atom. The highest BCUT2D eigenvalue weighted by Crippen LogP contribution is 2.62. The number of carbonyl (C=O) groups excluding carboxylic acids is 2. The summed E-state index contributed by atoms with van der Waals surface area (Å²) in [5.74, 6) is -3.29. The molecule has 2 spiro atoms. The van der Waals surface area contributed by atoms with Crippen LogP contribution in [0.2, 0.25) is 5.15 Å². The monoisotopic (exact) mass is 630 g/mol. The number of hydrogen-bond donors (Lipinski definition) is 4. The average molecular weight is 632 g/mol. The predicted octanol–water partition coefficient (Wildman–Crippen LogP) is 6.06. The third-order valence-corrected chi connectivity index (χ3v) is 11.6. The van der Waals surface area contributed by atoms with Gasteiger partial charge in [-0.3, -0.25) is 19.7 Å². The minimum absolute atomic E-state index is 0.0363. The number of rotatable bonds is 6. The van der Waals surface area contributed by atoms with E-state index in [9.17, 15) is 19.5 Å². The van der Waals surface area contributed by atoms with Gasteiger partial charge < -0.3 is 15.7 Å². The van der Waals surface area contributed by atoms with E-state index in [4.69, 9.17) is 23.2 Å². The molecule has 230 valence electrons. The zero-order chi connectivity index (χ0) is 30.8. The van der Waals surface area contributed by atoms with Crippen LogP contribution in [0.25, 0.3) is 0 Å². The highest BCUT2D eigenvalue weighted by Gasteiger charge is 2.73. The minimum atomic E-state index is -1.40. The van der Waals surface area contributed by atoms with E-state index in [1.54, 1.807) is 25.3 Å². The van der Waals surface area contributed by atoms with Gasteiger partial charge in [0, 0.05) is 34.4 Å². The topological polar surface area (TPSA) is 120 Å². The van der Waals surface area contributed by atoms with Gasteiger partial charge in [-0.15, -0.1) is 0 Å². The number of halogens is 3. The Hall–Kier alpha value is -2.75. The quantitative estimate of drug-likeness (QED) is 0.224. The average Bonchev–Trinajstić information content (AvgIpc) is 3.45. The van der Waals surface area contributed by atoms with Crippen LogP contribution in [-0.2, 0) is 19.8 Å². The van der Waals surface area contributed by atoms with Gasteiger partial charge in [-0.25, -0.2) is 9.37 Å². The van der Waals surface area contributed by atoms with Gasteiger partial charge in [-0.2, -0.15) is 0 Å². The zero-order valence-electron chi connectivity index (χ0n) is 24.2. The second kappa shape index (κ2) is 10.7. The summed E-state index contributed by atoms with van der Waals surface area (Å²) in [4.78, 5) is 45.2. The molecule has 0 aromatic carbocycles. The molecule has 3 atom stereocenters. The van der Waals surface area contributed by atoms with Crippen LogP contribution in [-0.4, -0.2) is 45.0 Å². The lowest BCUT2D eigenvalue weighted by atomic mass is 9.55. The summed E-state index contributed by atoms with van der Waals surface area (Å²) in [5, 5.41) is 19.8. The molecule has 2 aliphatic heterocycles. The van der Waals surface area contributed by atoms with E-state index in [0.717, 1.165) is 19.3 Å². The van der Waals surface area contributed by atoms with Crippen LogP contribution in [0.4, 0.5) is 10.1 Å². The van der Waals surface area contributed by atoms with Gasteiger partial charge in [0.1, 0.15) is 16.4 Å². The van der Waals surface area contributed by atoms with Crippen LogP contribution in [0.5, 0.6) is 0 Å². The van der Waals surface area contributed by atoms with Crippen LogP contribution in [0, 0.1) is 11.3 Å². The number of hydrogen-bond acceptors (Lipinski definition) is 5. The molecule has 2 bridgehead atoms. The lowest BCUT2D eigenvalue weighted by Crippen LogP contribution is -2.62. The first-order valence-electron chi connectivity index (χ1n) is 15.1. The Kier molecular flexibility index (Phi) is 7.54. The molecule has 4 aliphatic carbocycles. The van der Waals surface area contributed by atoms with E-state index in [0.29, 0.717) is 62.6 Å². The van der Waals surface area contributed by atoms with Crippen LogP contribution in [0.3, 0.4) is 0 Å². The number of carboxylic acid groups (broad SMARTS) is 1. The number of aromatic nitrogens is 1. The van der Waals surface area contributed by atoms with Crippen molar-refractivity contribution in [3.8, 4) is 0 Å². The maximum absolute atomic E-state index is 16.2. The van der Waals surface area contributed by atoms with Gasteiger partial charge >= 0.3 is 5.97 Å². The van der Waals surface area contributed by atoms with E-state index in [1.807, 2.05) is 0 Å². The minimum Gasteiger partial charge on any atom is -0.481 e. The molecule has 4 saturated carbocycles. The van der Waals surface area contributed by atoms with Crippen LogP contribution in [0.1, 0.15) is 83.1 Å². The van der Waals surface area contributed by atoms with Crippen LogP contribution in [0.15, 0.2) is 47.4 Å². The number of nitrogens with zero attached hydrogens (tertiary/aromatic N) is 1. The largest absolute Gasteiger partial charge is 0.481 e. The second-order valence-corrected chi connectivity index (χ2v) is 13.9. The summed E-state index contributed by atoms with van der Waals surface area (Å²) in [6, 6.07) is 0.575. The molecule has 5 fully saturated rings. The number of aliphatic carboxylic acids is 1. The fraction of sp³-hybridized carbons (Fsp3) is 0.562. The molecule has 2 amide bonds. The van der Waals surface area contributed by atoms with Crippen molar-refractivity contribution in [2.24, 2.45) is 11.3 Å². The van der Waals surface area contributed by atoms with Crippen molar-refractivity contribution < 1.29 is 23.9 Å². The van der Waals surface area contributed by atoms with Crippen LogP contribution < -0.4 is 16.0 Å². The summed E-state index contributed by atoms with van der Waals surface area (Å²) in [6.07, 6.45) is 11.5.